The predicted octanol–water partition coefficient (Wildman–Crippen LogP) is 3.12. The highest BCUT2D eigenvalue weighted by molar-refractivity contribution is 5.79. The third-order valence-corrected chi connectivity index (χ3v) is 4.54. The van der Waals surface area contributed by atoms with Crippen molar-refractivity contribution >= 4 is 5.96 Å². The van der Waals surface area contributed by atoms with E-state index in [0.29, 0.717) is 19.7 Å². The highest BCUT2D eigenvalue weighted by atomic mass is 16.5. The number of aliphatic imine (C=N–C) groups is 1. The van der Waals surface area contributed by atoms with Crippen molar-refractivity contribution in [2.45, 2.75) is 46.4 Å². The fourth-order valence-electron chi connectivity index (χ4n) is 3.07. The molecule has 2 N–H and O–H groups in total. The predicted molar refractivity (Wildman–Crippen MR) is 112 cm³/mol. The molecular formula is C22H30N4O2. The number of pyridine rings is 1. The first kappa shape index (κ1) is 20.1. The summed E-state index contributed by atoms with van der Waals surface area (Å²) in [5.74, 6) is 1.66. The summed E-state index contributed by atoms with van der Waals surface area (Å²) in [7, 11) is 0. The zero-order valence-corrected chi connectivity index (χ0v) is 17.0. The molecule has 0 amide bonds. The van der Waals surface area contributed by atoms with Crippen LogP contribution in [0.1, 0.15) is 35.9 Å². The van der Waals surface area contributed by atoms with Crippen LogP contribution < -0.4 is 15.4 Å². The molecule has 0 spiro atoms. The van der Waals surface area contributed by atoms with Crippen LogP contribution in [-0.2, 0) is 17.8 Å². The summed E-state index contributed by atoms with van der Waals surface area (Å²) in [6, 6.07) is 12.3. The van der Waals surface area contributed by atoms with Gasteiger partial charge in [-0.25, -0.2) is 4.99 Å². The SMILES string of the molecule is CCNC(=NCc1ccc(C)cc1OC1CCOC1)NCc1cccc(C)n1. The molecule has 1 fully saturated rings. The number of aryl methyl sites for hydroxylation is 2. The molecule has 0 aliphatic carbocycles. The number of nitrogens with zero attached hydrogens (tertiary/aromatic N) is 2. The van der Waals surface area contributed by atoms with Gasteiger partial charge in [0.05, 0.1) is 32.0 Å². The summed E-state index contributed by atoms with van der Waals surface area (Å²) in [6.07, 6.45) is 1.06. The fourth-order valence-corrected chi connectivity index (χ4v) is 3.07. The molecule has 2 heterocycles. The Balaban J connectivity index is 1.67. The van der Waals surface area contributed by atoms with Gasteiger partial charge in [0, 0.05) is 24.2 Å². The number of nitrogens with one attached hydrogen (secondary N) is 2. The van der Waals surface area contributed by atoms with E-state index in [1.54, 1.807) is 0 Å². The second-order valence-electron chi connectivity index (χ2n) is 7.03. The Hall–Kier alpha value is -2.60. The van der Waals surface area contributed by atoms with Crippen molar-refractivity contribution < 1.29 is 9.47 Å². The minimum Gasteiger partial charge on any atom is -0.488 e. The van der Waals surface area contributed by atoms with Gasteiger partial charge >= 0.3 is 0 Å². The van der Waals surface area contributed by atoms with Gasteiger partial charge in [-0.3, -0.25) is 4.98 Å². The molecule has 0 bridgehead atoms. The number of ether oxygens (including phenoxy) is 2. The minimum absolute atomic E-state index is 0.128. The van der Waals surface area contributed by atoms with Gasteiger partial charge in [-0.15, -0.1) is 0 Å². The summed E-state index contributed by atoms with van der Waals surface area (Å²) in [5.41, 5.74) is 4.25. The van der Waals surface area contributed by atoms with Gasteiger partial charge in [0.1, 0.15) is 11.9 Å². The molecule has 1 aliphatic rings. The van der Waals surface area contributed by atoms with Crippen molar-refractivity contribution in [3.8, 4) is 5.75 Å². The van der Waals surface area contributed by atoms with Gasteiger partial charge in [-0.05, 0) is 44.5 Å². The molecule has 1 aromatic heterocycles. The highest BCUT2D eigenvalue weighted by Gasteiger charge is 2.18. The molecule has 6 heteroatoms. The first-order chi connectivity index (χ1) is 13.6. The molecule has 1 unspecified atom stereocenters. The van der Waals surface area contributed by atoms with Crippen LogP contribution in [0.15, 0.2) is 41.4 Å². The lowest BCUT2D eigenvalue weighted by molar-refractivity contribution is 0.140. The Bertz CT molecular complexity index is 801. The summed E-state index contributed by atoms with van der Waals surface area (Å²) in [4.78, 5) is 9.27. The number of rotatable bonds is 7. The number of benzene rings is 1. The first-order valence-electron chi connectivity index (χ1n) is 9.92. The van der Waals surface area contributed by atoms with Crippen molar-refractivity contribution in [2.75, 3.05) is 19.8 Å². The van der Waals surface area contributed by atoms with Crippen molar-refractivity contribution in [3.05, 3.63) is 58.9 Å². The van der Waals surface area contributed by atoms with Gasteiger partial charge < -0.3 is 20.1 Å². The van der Waals surface area contributed by atoms with Gasteiger partial charge in [-0.1, -0.05) is 18.2 Å². The van der Waals surface area contributed by atoms with E-state index in [2.05, 4.69) is 47.7 Å². The quantitative estimate of drug-likeness (QED) is 0.569. The fraction of sp³-hybridized carbons (Fsp3) is 0.455. The smallest absolute Gasteiger partial charge is 0.191 e. The zero-order valence-electron chi connectivity index (χ0n) is 17.0. The van der Waals surface area contributed by atoms with Crippen LogP contribution in [0, 0.1) is 13.8 Å². The molecule has 0 saturated carbocycles. The standard InChI is InChI=1S/C22H30N4O2/c1-4-23-22(25-14-19-7-5-6-17(3)26-19)24-13-18-9-8-16(2)12-21(18)28-20-10-11-27-15-20/h5-9,12,20H,4,10-11,13-15H2,1-3H3,(H2,23,24,25). The Kier molecular flexibility index (Phi) is 7.25. The van der Waals surface area contributed by atoms with E-state index >= 15 is 0 Å². The van der Waals surface area contributed by atoms with E-state index < -0.39 is 0 Å². The second kappa shape index (κ2) is 10.1. The molecule has 28 heavy (non-hydrogen) atoms. The minimum atomic E-state index is 0.128. The average Bonchev–Trinajstić information content (AvgIpc) is 3.18. The Morgan fingerprint density at radius 1 is 1.25 bits per heavy atom. The number of hydrogen-bond donors (Lipinski definition) is 2. The topological polar surface area (TPSA) is 67.8 Å². The molecule has 3 rings (SSSR count). The number of guanidine groups is 1. The largest absolute Gasteiger partial charge is 0.488 e. The lowest BCUT2D eigenvalue weighted by Crippen LogP contribution is -2.37. The molecule has 6 nitrogen and oxygen atoms in total. The van der Waals surface area contributed by atoms with Crippen LogP contribution in [0.2, 0.25) is 0 Å². The number of aromatic nitrogens is 1. The lowest BCUT2D eigenvalue weighted by Gasteiger charge is -2.16. The third-order valence-electron chi connectivity index (χ3n) is 4.54. The van der Waals surface area contributed by atoms with Crippen LogP contribution >= 0.6 is 0 Å². The third kappa shape index (κ3) is 5.96. The van der Waals surface area contributed by atoms with Crippen LogP contribution in [0.25, 0.3) is 0 Å². The monoisotopic (exact) mass is 382 g/mol. The number of hydrogen-bond acceptors (Lipinski definition) is 4. The van der Waals surface area contributed by atoms with Gasteiger partial charge in [0.15, 0.2) is 5.96 Å². The molecule has 1 aliphatic heterocycles. The Labute approximate surface area is 167 Å². The Morgan fingerprint density at radius 2 is 2.14 bits per heavy atom. The molecule has 1 atom stereocenters. The zero-order chi connectivity index (χ0) is 19.8. The molecule has 150 valence electrons. The maximum Gasteiger partial charge on any atom is 0.191 e. The Morgan fingerprint density at radius 3 is 2.89 bits per heavy atom. The lowest BCUT2D eigenvalue weighted by atomic mass is 10.1. The van der Waals surface area contributed by atoms with Crippen molar-refractivity contribution in [2.24, 2.45) is 4.99 Å². The van der Waals surface area contributed by atoms with Gasteiger partial charge in [-0.2, -0.15) is 0 Å². The summed E-state index contributed by atoms with van der Waals surface area (Å²) in [6.45, 7) is 9.52. The summed E-state index contributed by atoms with van der Waals surface area (Å²) < 4.78 is 11.6. The van der Waals surface area contributed by atoms with Crippen LogP contribution in [-0.4, -0.2) is 36.8 Å². The van der Waals surface area contributed by atoms with Gasteiger partial charge in [0.25, 0.3) is 0 Å². The van der Waals surface area contributed by atoms with E-state index in [1.165, 1.54) is 5.56 Å². The average molecular weight is 383 g/mol. The summed E-state index contributed by atoms with van der Waals surface area (Å²) >= 11 is 0. The van der Waals surface area contributed by atoms with Gasteiger partial charge in [0.2, 0.25) is 0 Å². The first-order valence-corrected chi connectivity index (χ1v) is 9.92. The van der Waals surface area contributed by atoms with Crippen LogP contribution in [0.5, 0.6) is 5.75 Å². The molecule has 2 aromatic rings. The summed E-state index contributed by atoms with van der Waals surface area (Å²) in [5, 5.41) is 6.65. The van der Waals surface area contributed by atoms with Crippen molar-refractivity contribution in [1.82, 2.24) is 15.6 Å². The second-order valence-corrected chi connectivity index (χ2v) is 7.03. The molecule has 0 radical (unpaired) electrons. The molecular weight excluding hydrogens is 352 g/mol. The maximum absolute atomic E-state index is 6.18. The van der Waals surface area contributed by atoms with Crippen LogP contribution in [0.3, 0.4) is 0 Å². The van der Waals surface area contributed by atoms with E-state index in [0.717, 1.165) is 48.2 Å². The van der Waals surface area contributed by atoms with Crippen molar-refractivity contribution in [1.29, 1.82) is 0 Å². The van der Waals surface area contributed by atoms with E-state index in [-0.39, 0.29) is 6.10 Å². The highest BCUT2D eigenvalue weighted by Crippen LogP contribution is 2.24. The van der Waals surface area contributed by atoms with Crippen molar-refractivity contribution in [3.63, 3.8) is 0 Å². The van der Waals surface area contributed by atoms with Crippen LogP contribution in [0.4, 0.5) is 0 Å². The van der Waals surface area contributed by atoms with E-state index in [4.69, 9.17) is 14.5 Å². The van der Waals surface area contributed by atoms with E-state index in [1.807, 2.05) is 25.1 Å². The molecule has 1 saturated heterocycles. The van der Waals surface area contributed by atoms with E-state index in [9.17, 15) is 0 Å². The molecule has 1 aromatic carbocycles. The normalized spacial score (nSPS) is 16.8. The maximum atomic E-state index is 6.18.